The van der Waals surface area contributed by atoms with E-state index in [0.29, 0.717) is 55.5 Å². The van der Waals surface area contributed by atoms with Crippen LogP contribution in [0.5, 0.6) is 0 Å². The van der Waals surface area contributed by atoms with E-state index in [4.69, 9.17) is 4.74 Å². The van der Waals surface area contributed by atoms with E-state index in [1.165, 1.54) is 17.4 Å². The number of hydrogen-bond acceptors (Lipinski definition) is 8. The van der Waals surface area contributed by atoms with E-state index in [0.717, 1.165) is 0 Å². The van der Waals surface area contributed by atoms with Gasteiger partial charge in [0, 0.05) is 36.1 Å². The number of H-pyrrole nitrogens is 1. The molecule has 0 radical (unpaired) electrons. The highest BCUT2D eigenvalue weighted by Gasteiger charge is 2.32. The molecule has 2 aromatic heterocycles. The number of nitrogens with zero attached hydrogens (tertiary/aromatic N) is 2. The van der Waals surface area contributed by atoms with Crippen LogP contribution in [-0.4, -0.2) is 53.9 Å². The Hall–Kier alpha value is -3.05. The molecule has 0 aromatic carbocycles. The van der Waals surface area contributed by atoms with E-state index in [-0.39, 0.29) is 22.5 Å². The number of pyridine rings is 1. The number of ketones is 1. The quantitative estimate of drug-likeness (QED) is 0.598. The summed E-state index contributed by atoms with van der Waals surface area (Å²) in [5.74, 6) is -1.53. The van der Waals surface area contributed by atoms with Crippen LogP contribution in [0.1, 0.15) is 57.2 Å². The van der Waals surface area contributed by atoms with Gasteiger partial charge in [-0.15, -0.1) is 11.3 Å². The molecule has 11 heteroatoms. The van der Waals surface area contributed by atoms with E-state index in [1.54, 1.807) is 5.38 Å². The minimum Gasteiger partial charge on any atom is -0.378 e. The molecule has 1 aliphatic heterocycles. The van der Waals surface area contributed by atoms with E-state index >= 15 is 0 Å². The van der Waals surface area contributed by atoms with Crippen molar-refractivity contribution in [2.24, 2.45) is 5.41 Å². The van der Waals surface area contributed by atoms with Crippen molar-refractivity contribution in [1.29, 1.82) is 0 Å². The number of hydrazine groups is 1. The molecule has 1 saturated heterocycles. The maximum Gasteiger partial charge on any atom is 0.289 e. The van der Waals surface area contributed by atoms with Crippen molar-refractivity contribution in [2.45, 2.75) is 26.7 Å². The van der Waals surface area contributed by atoms with E-state index in [2.05, 4.69) is 20.8 Å². The molecular formula is C20H23N5O5S. The number of carbonyl (C=O) groups excluding carboxylic acids is 3. The fourth-order valence-corrected chi connectivity index (χ4v) is 4.57. The Balaban J connectivity index is 1.43. The zero-order valence-electron chi connectivity index (χ0n) is 17.2. The standard InChI is InChI=1S/C20H23N5O5S/c1-20(2)8-13-11(15(26)9-20)7-12(16(27)21-13)17(28)23-24-18(29)14-10-31-19(22-14)25-3-5-30-6-4-25/h7,10H,3-6,8-9H2,1-2H3,(H,21,27)(H,23,28)(H,24,29). The lowest BCUT2D eigenvalue weighted by molar-refractivity contribution is 0.0842. The number of fused-ring (bicyclic) bond motifs is 1. The Bertz CT molecular complexity index is 1100. The van der Waals surface area contributed by atoms with Crippen molar-refractivity contribution >= 4 is 34.1 Å². The second-order valence-corrected chi connectivity index (χ2v) is 9.20. The predicted molar refractivity (Wildman–Crippen MR) is 114 cm³/mol. The molecule has 0 unspecified atom stereocenters. The molecule has 0 bridgehead atoms. The first-order valence-electron chi connectivity index (χ1n) is 9.92. The zero-order chi connectivity index (χ0) is 22.2. The Labute approximate surface area is 182 Å². The van der Waals surface area contributed by atoms with Crippen molar-refractivity contribution in [1.82, 2.24) is 20.8 Å². The molecule has 2 amide bonds. The molecule has 1 aliphatic carbocycles. The SMILES string of the molecule is CC1(C)CC(=O)c2cc(C(=O)NNC(=O)c3csc(N4CCOCC4)n3)c(=O)[nH]c2C1. The molecule has 0 spiro atoms. The summed E-state index contributed by atoms with van der Waals surface area (Å²) in [6.45, 7) is 6.50. The number of rotatable bonds is 3. The van der Waals surface area contributed by atoms with E-state index in [9.17, 15) is 19.2 Å². The van der Waals surface area contributed by atoms with Crippen molar-refractivity contribution in [2.75, 3.05) is 31.2 Å². The fourth-order valence-electron chi connectivity index (χ4n) is 3.71. The monoisotopic (exact) mass is 445 g/mol. The van der Waals surface area contributed by atoms with Gasteiger partial charge in [0.1, 0.15) is 11.3 Å². The molecule has 4 rings (SSSR count). The van der Waals surface area contributed by atoms with Crippen LogP contribution in [0.25, 0.3) is 0 Å². The topological polar surface area (TPSA) is 133 Å². The number of ether oxygens (including phenoxy) is 1. The largest absolute Gasteiger partial charge is 0.378 e. The molecular weight excluding hydrogens is 422 g/mol. The van der Waals surface area contributed by atoms with Crippen molar-refractivity contribution in [3.8, 4) is 0 Å². The first-order valence-corrected chi connectivity index (χ1v) is 10.8. The third-order valence-electron chi connectivity index (χ3n) is 5.26. The Morgan fingerprint density at radius 3 is 2.61 bits per heavy atom. The molecule has 2 aromatic rings. The number of carbonyl (C=O) groups is 3. The molecule has 1 fully saturated rings. The maximum absolute atomic E-state index is 12.5. The number of aromatic nitrogens is 2. The maximum atomic E-state index is 12.5. The van der Waals surface area contributed by atoms with Crippen molar-refractivity contribution in [3.63, 3.8) is 0 Å². The number of amides is 2. The van der Waals surface area contributed by atoms with Crippen LogP contribution in [-0.2, 0) is 11.2 Å². The van der Waals surface area contributed by atoms with Crippen LogP contribution in [0.15, 0.2) is 16.2 Å². The average molecular weight is 446 g/mol. The van der Waals surface area contributed by atoms with E-state index in [1.807, 2.05) is 18.7 Å². The van der Waals surface area contributed by atoms with Crippen LogP contribution in [0.2, 0.25) is 0 Å². The van der Waals surface area contributed by atoms with Gasteiger partial charge in [0.2, 0.25) is 0 Å². The van der Waals surface area contributed by atoms with Gasteiger partial charge in [-0.25, -0.2) is 4.98 Å². The number of nitrogens with one attached hydrogen (secondary N) is 3. The molecule has 164 valence electrons. The highest BCUT2D eigenvalue weighted by atomic mass is 32.1. The lowest BCUT2D eigenvalue weighted by Gasteiger charge is -2.29. The van der Waals surface area contributed by atoms with Gasteiger partial charge in [-0.05, 0) is 17.9 Å². The normalized spacial score (nSPS) is 17.7. The first-order chi connectivity index (χ1) is 14.7. The summed E-state index contributed by atoms with van der Waals surface area (Å²) in [6.07, 6.45) is 0.871. The summed E-state index contributed by atoms with van der Waals surface area (Å²) in [5, 5.41) is 2.30. The van der Waals surface area contributed by atoms with E-state index < -0.39 is 17.4 Å². The average Bonchev–Trinajstić information content (AvgIpc) is 3.21. The second kappa shape index (κ2) is 8.23. The van der Waals surface area contributed by atoms with Crippen LogP contribution in [0.3, 0.4) is 0 Å². The van der Waals surface area contributed by atoms with Crippen LogP contribution in [0, 0.1) is 5.41 Å². The highest BCUT2D eigenvalue weighted by molar-refractivity contribution is 7.13. The number of thiazole rings is 1. The van der Waals surface area contributed by atoms with Crippen LogP contribution in [0.4, 0.5) is 5.13 Å². The summed E-state index contributed by atoms with van der Waals surface area (Å²) in [7, 11) is 0. The molecule has 3 heterocycles. The van der Waals surface area contributed by atoms with Crippen molar-refractivity contribution in [3.05, 3.63) is 44.3 Å². The summed E-state index contributed by atoms with van der Waals surface area (Å²) in [4.78, 5) is 58.6. The number of hydrogen-bond donors (Lipinski definition) is 3. The minimum atomic E-state index is -0.807. The predicted octanol–water partition coefficient (Wildman–Crippen LogP) is 0.898. The second-order valence-electron chi connectivity index (χ2n) is 8.37. The summed E-state index contributed by atoms with van der Waals surface area (Å²) >= 11 is 1.33. The fraction of sp³-hybridized carbons (Fsp3) is 0.450. The van der Waals surface area contributed by atoms with Gasteiger partial charge in [-0.2, -0.15) is 0 Å². The molecule has 0 atom stereocenters. The third kappa shape index (κ3) is 4.52. The number of morpholine rings is 1. The minimum absolute atomic E-state index is 0.126. The highest BCUT2D eigenvalue weighted by Crippen LogP contribution is 2.33. The summed E-state index contributed by atoms with van der Waals surface area (Å²) < 4.78 is 5.30. The van der Waals surface area contributed by atoms with Gasteiger partial charge >= 0.3 is 0 Å². The smallest absolute Gasteiger partial charge is 0.289 e. The Morgan fingerprint density at radius 1 is 1.16 bits per heavy atom. The van der Waals surface area contributed by atoms with Gasteiger partial charge in [0.05, 0.1) is 13.2 Å². The number of Topliss-reactive ketones (excluding diaryl/α,β-unsaturated/α-hetero) is 1. The van der Waals surface area contributed by atoms with Gasteiger partial charge in [0.15, 0.2) is 10.9 Å². The lowest BCUT2D eigenvalue weighted by Crippen LogP contribution is -2.44. The van der Waals surface area contributed by atoms with Gasteiger partial charge in [-0.1, -0.05) is 13.8 Å². The zero-order valence-corrected chi connectivity index (χ0v) is 18.1. The van der Waals surface area contributed by atoms with Crippen molar-refractivity contribution < 1.29 is 19.1 Å². The summed E-state index contributed by atoms with van der Waals surface area (Å²) in [5.41, 5.74) is 4.42. The lowest BCUT2D eigenvalue weighted by atomic mass is 9.75. The Morgan fingerprint density at radius 2 is 1.87 bits per heavy atom. The summed E-state index contributed by atoms with van der Waals surface area (Å²) in [6, 6.07) is 1.30. The van der Waals surface area contributed by atoms with Crippen LogP contribution < -0.4 is 21.3 Å². The van der Waals surface area contributed by atoms with Gasteiger partial charge in [0.25, 0.3) is 17.4 Å². The molecule has 3 N–H and O–H groups in total. The van der Waals surface area contributed by atoms with Crippen LogP contribution >= 0.6 is 11.3 Å². The van der Waals surface area contributed by atoms with Gasteiger partial charge < -0.3 is 14.6 Å². The molecule has 31 heavy (non-hydrogen) atoms. The third-order valence-corrected chi connectivity index (χ3v) is 6.16. The van der Waals surface area contributed by atoms with Gasteiger partial charge in [-0.3, -0.25) is 30.0 Å². The number of anilines is 1. The molecule has 2 aliphatic rings. The Kier molecular flexibility index (Phi) is 5.63. The molecule has 10 nitrogen and oxygen atoms in total. The first kappa shape index (κ1) is 21.2. The number of aromatic amines is 1. The molecule has 0 saturated carbocycles.